The van der Waals surface area contributed by atoms with Gasteiger partial charge in [0.25, 0.3) is 0 Å². The Balaban J connectivity index is 1.47. The van der Waals surface area contributed by atoms with Gasteiger partial charge in [-0.25, -0.2) is 4.98 Å². The maximum absolute atomic E-state index is 12.4. The molecule has 0 radical (unpaired) electrons. The summed E-state index contributed by atoms with van der Waals surface area (Å²) in [5, 5.41) is 12.4. The molecule has 0 bridgehead atoms. The van der Waals surface area contributed by atoms with Gasteiger partial charge in [-0.15, -0.1) is 0 Å². The number of rotatable bonds is 9. The number of nitrogens with zero attached hydrogens (tertiary/aromatic N) is 3. The average Bonchev–Trinajstić information content (AvgIpc) is 3.71. The highest BCUT2D eigenvalue weighted by Crippen LogP contribution is 2.45. The molecule has 64 heavy (non-hydrogen) atoms. The molecule has 0 aliphatic rings. The summed E-state index contributed by atoms with van der Waals surface area (Å²) in [4.78, 5) is 10.0. The molecular weight excluding hydrogens is 779 g/mol. The molecule has 0 aliphatic heterocycles. The van der Waals surface area contributed by atoms with E-state index in [2.05, 4.69) is 94.4 Å². The van der Waals surface area contributed by atoms with E-state index >= 15 is 0 Å². The van der Waals surface area contributed by atoms with Crippen LogP contribution in [0, 0.1) is 6.85 Å². The highest BCUT2D eigenvalue weighted by Gasteiger charge is 2.26. The summed E-state index contributed by atoms with van der Waals surface area (Å²) in [5.41, 5.74) is 8.54. The Morgan fingerprint density at radius 3 is 1.95 bits per heavy atom. The number of fused-ring (bicyclic) bond motifs is 1. The normalized spacial score (nSPS) is 15.1. The monoisotopic (exact) mass is 855 g/mol. The molecule has 6 aromatic carbocycles. The van der Waals surface area contributed by atoms with Gasteiger partial charge in [-0.2, -0.15) is 0 Å². The lowest BCUT2D eigenvalue weighted by Gasteiger charge is -2.22. The van der Waals surface area contributed by atoms with Crippen LogP contribution in [-0.4, -0.2) is 19.6 Å². The molecule has 0 aliphatic carbocycles. The number of pyridine rings is 1. The summed E-state index contributed by atoms with van der Waals surface area (Å²) in [6, 6.07) is 26.2. The predicted octanol–water partition coefficient (Wildman–Crippen LogP) is 16.7. The summed E-state index contributed by atoms with van der Waals surface area (Å²) in [5.74, 6) is -0.226. The zero-order chi connectivity index (χ0) is 55.3. The van der Waals surface area contributed by atoms with Crippen LogP contribution in [0.4, 0.5) is 0 Å². The fourth-order valence-corrected chi connectivity index (χ4v) is 8.17. The van der Waals surface area contributed by atoms with Gasteiger partial charge in [0, 0.05) is 28.3 Å². The summed E-state index contributed by atoms with van der Waals surface area (Å²) >= 11 is 0. The summed E-state index contributed by atoms with van der Waals surface area (Å²) < 4.78 is 97.6. The first kappa shape index (κ1) is 32.4. The molecule has 2 aromatic heterocycles. The zero-order valence-corrected chi connectivity index (χ0v) is 39.1. The van der Waals surface area contributed by atoms with Crippen LogP contribution < -0.4 is 0 Å². The molecule has 326 valence electrons. The average molecular weight is 855 g/mol. The molecule has 0 saturated heterocycles. The Morgan fingerprint density at radius 2 is 1.31 bits per heavy atom. The van der Waals surface area contributed by atoms with E-state index < -0.39 is 71.7 Å². The van der Waals surface area contributed by atoms with Crippen molar-refractivity contribution in [2.24, 2.45) is 0 Å². The molecule has 0 fully saturated rings. The predicted molar refractivity (Wildman–Crippen MR) is 272 cm³/mol. The van der Waals surface area contributed by atoms with Crippen molar-refractivity contribution in [3.63, 3.8) is 0 Å². The lowest BCUT2D eigenvalue weighted by atomic mass is 9.83. The van der Waals surface area contributed by atoms with Gasteiger partial charge in [-0.1, -0.05) is 167 Å². The quantitative estimate of drug-likeness (QED) is 0.157. The molecule has 0 atom stereocenters. The van der Waals surface area contributed by atoms with Crippen molar-refractivity contribution in [3.05, 3.63) is 167 Å². The highest BCUT2D eigenvalue weighted by molar-refractivity contribution is 5.98. The largest absolute Gasteiger partial charge is 0.507 e. The van der Waals surface area contributed by atoms with Crippen LogP contribution in [0.25, 0.3) is 72.7 Å². The van der Waals surface area contributed by atoms with Crippen LogP contribution >= 0.6 is 0 Å². The van der Waals surface area contributed by atoms with E-state index in [0.29, 0.717) is 39.1 Å². The number of aromatic nitrogens is 3. The zero-order valence-electron chi connectivity index (χ0n) is 50.1. The number of hydrogen-bond acceptors (Lipinski definition) is 3. The highest BCUT2D eigenvalue weighted by atomic mass is 16.3. The van der Waals surface area contributed by atoms with E-state index in [9.17, 15) is 6.48 Å². The molecule has 8 aromatic rings. The Labute approximate surface area is 397 Å². The van der Waals surface area contributed by atoms with E-state index in [1.165, 1.54) is 5.56 Å². The van der Waals surface area contributed by atoms with Crippen LogP contribution in [0.5, 0.6) is 5.75 Å². The summed E-state index contributed by atoms with van der Waals surface area (Å²) in [6.07, 6.45) is -0.575. The van der Waals surface area contributed by atoms with Crippen LogP contribution in [0.3, 0.4) is 0 Å². The van der Waals surface area contributed by atoms with Crippen molar-refractivity contribution in [3.8, 4) is 67.5 Å². The van der Waals surface area contributed by atoms with E-state index in [1.807, 2.05) is 89.2 Å². The molecule has 8 rings (SSSR count). The number of para-hydroxylation sites is 1. The minimum absolute atomic E-state index is 0.0220. The second kappa shape index (κ2) is 17.0. The van der Waals surface area contributed by atoms with Crippen molar-refractivity contribution in [2.75, 3.05) is 0 Å². The summed E-state index contributed by atoms with van der Waals surface area (Å²) in [7, 11) is 0. The van der Waals surface area contributed by atoms with Crippen molar-refractivity contribution in [1.82, 2.24) is 14.5 Å². The summed E-state index contributed by atoms with van der Waals surface area (Å²) in [6.45, 7) is 21.8. The van der Waals surface area contributed by atoms with Gasteiger partial charge in [0.1, 0.15) is 11.6 Å². The SMILES string of the molecule is [2H]c1nc(-c2cc(-c3cccc4c3nc(-c3cc(C(C)C)cc(C(C)C)c3O)n4-c3ccc(C([2H])(C)C)cc3-c3ccc(C(C)(C)C)cc3)cc(C(C)(C)C)c2)c([2H])c(-c2c([2H])c([2H])c(C([2H])([2H])[2H])c([2H])c2[2H])c1[2H]. The van der Waals surface area contributed by atoms with E-state index in [0.717, 1.165) is 39.1 Å². The van der Waals surface area contributed by atoms with Gasteiger partial charge < -0.3 is 5.11 Å². The van der Waals surface area contributed by atoms with E-state index in [4.69, 9.17) is 18.7 Å². The van der Waals surface area contributed by atoms with Gasteiger partial charge in [-0.05, 0) is 134 Å². The minimum atomic E-state index is -2.97. The number of benzene rings is 6. The van der Waals surface area contributed by atoms with Crippen molar-refractivity contribution in [2.45, 2.75) is 118 Å². The first-order valence-electron chi connectivity index (χ1n) is 27.6. The van der Waals surface area contributed by atoms with E-state index in [1.54, 1.807) is 0 Å². The molecule has 1 N–H and O–H groups in total. The smallest absolute Gasteiger partial charge is 0.149 e. The molecule has 0 saturated carbocycles. The molecule has 2 heterocycles. The molecule has 4 nitrogen and oxygen atoms in total. The van der Waals surface area contributed by atoms with Gasteiger partial charge >= 0.3 is 0 Å². The van der Waals surface area contributed by atoms with Crippen molar-refractivity contribution in [1.29, 1.82) is 0 Å². The fraction of sp³-hybridized carbons (Fsp3) is 0.300. The first-order valence-corrected chi connectivity index (χ1v) is 22.1. The van der Waals surface area contributed by atoms with Crippen LogP contribution in [0.1, 0.15) is 149 Å². The van der Waals surface area contributed by atoms with Gasteiger partial charge in [0.15, 0.2) is 0 Å². The topological polar surface area (TPSA) is 50.9 Å². The standard InChI is InChI=1S/C60H65N3O/c1-36(2)42-23-26-54(51(32-42)41-21-24-47(25-22-41)59(8,9)10)63-55-16-14-15-49(56(55)62-58(63)52-34-44(37(3)4)33-50(38(5)6)57(52)64)45-29-46(31-48(30-45)60(11,12)13)53-35-43(27-28-61-53)40-19-17-39(7)18-20-40/h14-38,64H,1-13H3/i7D3,17D,18D,19D,20D,27D,28D,35D,36D. The van der Waals surface area contributed by atoms with E-state index in [-0.39, 0.29) is 34.3 Å². The third-order valence-corrected chi connectivity index (χ3v) is 12.1. The van der Waals surface area contributed by atoms with Crippen molar-refractivity contribution < 1.29 is 20.2 Å². The number of aromatic hydroxyl groups is 1. The lowest BCUT2D eigenvalue weighted by Crippen LogP contribution is -2.11. The Morgan fingerprint density at radius 1 is 0.625 bits per heavy atom. The Hall–Kier alpha value is -6.26. The first-order chi connectivity index (χ1) is 34.7. The van der Waals surface area contributed by atoms with Crippen LogP contribution in [0.15, 0.2) is 133 Å². The number of hydrogen-bond donors (Lipinski definition) is 1. The third-order valence-electron chi connectivity index (χ3n) is 12.1. The molecular formula is C60H65N3O. The molecule has 0 unspecified atom stereocenters. The van der Waals surface area contributed by atoms with Crippen LogP contribution in [0.2, 0.25) is 0 Å². The molecule has 0 amide bonds. The Kier molecular flexibility index (Phi) is 8.62. The second-order valence-electron chi connectivity index (χ2n) is 19.8. The maximum Gasteiger partial charge on any atom is 0.149 e. The maximum atomic E-state index is 12.4. The lowest BCUT2D eigenvalue weighted by molar-refractivity contribution is 0.466. The minimum Gasteiger partial charge on any atom is -0.507 e. The van der Waals surface area contributed by atoms with Gasteiger partial charge in [0.05, 0.1) is 37.6 Å². The number of imidazole rings is 1. The fourth-order valence-electron chi connectivity index (χ4n) is 8.17. The Bertz CT molecular complexity index is 3540. The molecule has 0 spiro atoms. The van der Waals surface area contributed by atoms with Crippen LogP contribution in [-0.2, 0) is 10.8 Å². The molecule has 4 heteroatoms. The number of phenolic OH excluding ortho intramolecular Hbond substituents is 1. The number of phenols is 1. The van der Waals surface area contributed by atoms with Gasteiger partial charge in [-0.3, -0.25) is 9.55 Å². The second-order valence-corrected chi connectivity index (χ2v) is 19.8. The van der Waals surface area contributed by atoms with Crippen molar-refractivity contribution >= 4 is 11.0 Å². The third kappa shape index (κ3) is 8.68. The van der Waals surface area contributed by atoms with Gasteiger partial charge in [0.2, 0.25) is 0 Å².